The average molecular weight is 295 g/mol. The Labute approximate surface area is 108 Å². The number of carbonyl (C=O) groups excluding carboxylic acids is 2. The lowest BCUT2D eigenvalue weighted by Gasteiger charge is -2.04. The summed E-state index contributed by atoms with van der Waals surface area (Å²) in [5, 5.41) is 0. The smallest absolute Gasteiger partial charge is 0.338 e. The number of halogens is 1. The topological polar surface area (TPSA) is 43.4 Å². The zero-order valence-corrected chi connectivity index (χ0v) is 10.8. The molecular formula is C13H11BrO3. The number of esters is 1. The van der Waals surface area contributed by atoms with Gasteiger partial charge in [0.05, 0.1) is 12.7 Å². The van der Waals surface area contributed by atoms with E-state index in [4.69, 9.17) is 0 Å². The molecule has 1 aromatic carbocycles. The first-order valence-electron chi connectivity index (χ1n) is 4.85. The highest BCUT2D eigenvalue weighted by Crippen LogP contribution is 2.19. The van der Waals surface area contributed by atoms with Crippen LogP contribution in [0.2, 0.25) is 0 Å². The lowest BCUT2D eigenvalue weighted by Crippen LogP contribution is -2.03. The Morgan fingerprint density at radius 3 is 2.41 bits per heavy atom. The second kappa shape index (κ2) is 6.81. The van der Waals surface area contributed by atoms with Crippen molar-refractivity contribution in [1.82, 2.24) is 0 Å². The van der Waals surface area contributed by atoms with Gasteiger partial charge in [-0.15, -0.1) is 0 Å². The van der Waals surface area contributed by atoms with Crippen molar-refractivity contribution in [3.63, 3.8) is 0 Å². The third-order valence-corrected chi connectivity index (χ3v) is 2.54. The van der Waals surface area contributed by atoms with Crippen LogP contribution in [0.5, 0.6) is 0 Å². The van der Waals surface area contributed by atoms with E-state index in [2.05, 4.69) is 20.7 Å². The molecule has 1 rings (SSSR count). The van der Waals surface area contributed by atoms with Crippen molar-refractivity contribution in [2.24, 2.45) is 0 Å². The molecule has 0 heterocycles. The van der Waals surface area contributed by atoms with Crippen LogP contribution < -0.4 is 0 Å². The maximum absolute atomic E-state index is 11.6. The Bertz CT molecular complexity index is 458. The van der Waals surface area contributed by atoms with Gasteiger partial charge in [-0.25, -0.2) is 4.79 Å². The van der Waals surface area contributed by atoms with Crippen LogP contribution in [-0.2, 0) is 14.3 Å². The van der Waals surface area contributed by atoms with E-state index in [1.165, 1.54) is 19.3 Å². The van der Waals surface area contributed by atoms with Gasteiger partial charge in [-0.1, -0.05) is 34.1 Å². The first kappa shape index (κ1) is 13.4. The predicted molar refractivity (Wildman–Crippen MR) is 69.3 cm³/mol. The molecule has 0 saturated heterocycles. The molecule has 0 aromatic heterocycles. The van der Waals surface area contributed by atoms with Crippen LogP contribution in [-0.4, -0.2) is 19.4 Å². The molecule has 0 spiro atoms. The van der Waals surface area contributed by atoms with Crippen LogP contribution in [0.15, 0.2) is 47.0 Å². The summed E-state index contributed by atoms with van der Waals surface area (Å²) >= 11 is 3.32. The summed E-state index contributed by atoms with van der Waals surface area (Å²) < 4.78 is 5.61. The first-order valence-corrected chi connectivity index (χ1v) is 5.64. The van der Waals surface area contributed by atoms with E-state index >= 15 is 0 Å². The van der Waals surface area contributed by atoms with E-state index in [1.807, 2.05) is 12.1 Å². The molecule has 0 unspecified atom stereocenters. The monoisotopic (exact) mass is 294 g/mol. The molecule has 0 radical (unpaired) electrons. The van der Waals surface area contributed by atoms with Crippen molar-refractivity contribution in [3.8, 4) is 0 Å². The van der Waals surface area contributed by atoms with E-state index in [-0.39, 0.29) is 0 Å². The number of rotatable bonds is 4. The fraction of sp³-hybridized carbons (Fsp3) is 0.0769. The first-order chi connectivity index (χ1) is 8.19. The van der Waals surface area contributed by atoms with Gasteiger partial charge in [-0.05, 0) is 29.8 Å². The van der Waals surface area contributed by atoms with Crippen molar-refractivity contribution in [2.75, 3.05) is 7.11 Å². The van der Waals surface area contributed by atoms with Crippen molar-refractivity contribution < 1.29 is 14.3 Å². The van der Waals surface area contributed by atoms with Crippen molar-refractivity contribution in [1.29, 1.82) is 0 Å². The van der Waals surface area contributed by atoms with Gasteiger partial charge >= 0.3 is 5.97 Å². The summed E-state index contributed by atoms with van der Waals surface area (Å²) in [4.78, 5) is 21.7. The van der Waals surface area contributed by atoms with Gasteiger partial charge in [0.15, 0.2) is 0 Å². The van der Waals surface area contributed by atoms with Crippen molar-refractivity contribution in [2.45, 2.75) is 0 Å². The van der Waals surface area contributed by atoms with Gasteiger partial charge in [-0.2, -0.15) is 0 Å². The summed E-state index contributed by atoms with van der Waals surface area (Å²) in [5.41, 5.74) is 1.13. The second-order valence-electron chi connectivity index (χ2n) is 3.10. The number of ether oxygens (including phenoxy) is 1. The van der Waals surface area contributed by atoms with Gasteiger partial charge in [0, 0.05) is 4.47 Å². The molecule has 0 aliphatic rings. The number of hydrogen-bond acceptors (Lipinski definition) is 3. The fourth-order valence-corrected chi connectivity index (χ4v) is 1.48. The Balaban J connectivity index is 3.10. The van der Waals surface area contributed by atoms with Crippen molar-refractivity contribution >= 4 is 33.8 Å². The zero-order valence-electron chi connectivity index (χ0n) is 9.22. The van der Waals surface area contributed by atoms with E-state index < -0.39 is 5.97 Å². The highest BCUT2D eigenvalue weighted by Gasteiger charge is 2.10. The molecule has 0 aliphatic heterocycles. The van der Waals surface area contributed by atoms with E-state index in [0.717, 1.165) is 10.0 Å². The molecule has 4 heteroatoms. The standard InChI is InChI=1S/C13H11BrO3/c1-17-13(16)12(4-2-3-9-15)10-5-7-11(14)8-6-10/h2-9H,1H3/b3-2-,12-4+. The second-order valence-corrected chi connectivity index (χ2v) is 4.02. The van der Waals surface area contributed by atoms with E-state index in [0.29, 0.717) is 11.9 Å². The van der Waals surface area contributed by atoms with Crippen LogP contribution >= 0.6 is 15.9 Å². The minimum atomic E-state index is -0.442. The van der Waals surface area contributed by atoms with Gasteiger partial charge in [-0.3, -0.25) is 4.79 Å². The minimum Gasteiger partial charge on any atom is -0.465 e. The normalized spacial score (nSPS) is 11.5. The van der Waals surface area contributed by atoms with Crippen molar-refractivity contribution in [3.05, 3.63) is 52.5 Å². The third kappa shape index (κ3) is 4.00. The summed E-state index contributed by atoms with van der Waals surface area (Å²) in [7, 11) is 1.32. The van der Waals surface area contributed by atoms with Gasteiger partial charge in [0.25, 0.3) is 0 Å². The van der Waals surface area contributed by atoms with Crippen LogP contribution in [0.3, 0.4) is 0 Å². The summed E-state index contributed by atoms with van der Waals surface area (Å²) in [6.45, 7) is 0. The number of benzene rings is 1. The maximum atomic E-state index is 11.6. The molecule has 0 amide bonds. The number of hydrogen-bond donors (Lipinski definition) is 0. The molecule has 0 atom stereocenters. The molecule has 0 bridgehead atoms. The number of methoxy groups -OCH3 is 1. The van der Waals surface area contributed by atoms with E-state index in [1.54, 1.807) is 18.2 Å². The summed E-state index contributed by atoms with van der Waals surface area (Å²) in [6.07, 6.45) is 5.00. The fourth-order valence-electron chi connectivity index (χ4n) is 1.22. The quantitative estimate of drug-likeness (QED) is 0.371. The van der Waals surface area contributed by atoms with E-state index in [9.17, 15) is 9.59 Å². The molecule has 0 saturated carbocycles. The van der Waals surface area contributed by atoms with Crippen LogP contribution in [0.25, 0.3) is 5.57 Å². The zero-order chi connectivity index (χ0) is 12.7. The van der Waals surface area contributed by atoms with Crippen LogP contribution in [0, 0.1) is 0 Å². The molecule has 3 nitrogen and oxygen atoms in total. The number of carbonyl (C=O) groups is 2. The molecule has 1 aromatic rings. The Morgan fingerprint density at radius 1 is 1.24 bits per heavy atom. The minimum absolute atomic E-state index is 0.401. The summed E-state index contributed by atoms with van der Waals surface area (Å²) in [5.74, 6) is -0.442. The number of allylic oxidation sites excluding steroid dienone is 3. The largest absolute Gasteiger partial charge is 0.465 e. The van der Waals surface area contributed by atoms with Gasteiger partial charge < -0.3 is 4.74 Å². The molecule has 17 heavy (non-hydrogen) atoms. The van der Waals surface area contributed by atoms with Gasteiger partial charge in [0.1, 0.15) is 6.29 Å². The van der Waals surface area contributed by atoms with Crippen LogP contribution in [0.1, 0.15) is 5.56 Å². The lowest BCUT2D eigenvalue weighted by atomic mass is 10.1. The molecular weight excluding hydrogens is 284 g/mol. The molecule has 0 fully saturated rings. The Hall–Kier alpha value is -1.68. The summed E-state index contributed by atoms with van der Waals surface area (Å²) in [6, 6.07) is 7.24. The Morgan fingerprint density at radius 2 is 1.88 bits per heavy atom. The molecule has 0 N–H and O–H groups in total. The Kier molecular flexibility index (Phi) is 5.36. The average Bonchev–Trinajstić information content (AvgIpc) is 2.35. The van der Waals surface area contributed by atoms with Gasteiger partial charge in [0.2, 0.25) is 0 Å². The highest BCUT2D eigenvalue weighted by atomic mass is 79.9. The SMILES string of the molecule is COC(=O)/C(=C/C=C\C=O)c1ccc(Br)cc1. The molecule has 88 valence electrons. The highest BCUT2D eigenvalue weighted by molar-refractivity contribution is 9.10. The third-order valence-electron chi connectivity index (χ3n) is 2.01. The van der Waals surface area contributed by atoms with Crippen LogP contribution in [0.4, 0.5) is 0 Å². The molecule has 0 aliphatic carbocycles. The predicted octanol–water partition coefficient (Wildman–Crippen LogP) is 2.76. The maximum Gasteiger partial charge on any atom is 0.338 e. The lowest BCUT2D eigenvalue weighted by molar-refractivity contribution is -0.133. The number of aldehydes is 1.